The van der Waals surface area contributed by atoms with E-state index in [1.165, 1.54) is 0 Å². The number of ketones is 1. The zero-order chi connectivity index (χ0) is 20.3. The van der Waals surface area contributed by atoms with Crippen LogP contribution in [0.2, 0.25) is 0 Å². The van der Waals surface area contributed by atoms with Gasteiger partial charge in [-0.2, -0.15) is 15.0 Å². The fourth-order valence-electron chi connectivity index (χ4n) is 3.57. The van der Waals surface area contributed by atoms with Crippen LogP contribution in [-0.2, 0) is 0 Å². The fourth-order valence-corrected chi connectivity index (χ4v) is 4.58. The van der Waals surface area contributed by atoms with Crippen LogP contribution < -0.4 is 0 Å². The van der Waals surface area contributed by atoms with Gasteiger partial charge >= 0.3 is 0 Å². The molecule has 0 saturated carbocycles. The van der Waals surface area contributed by atoms with Gasteiger partial charge in [-0.05, 0) is 23.1 Å². The van der Waals surface area contributed by atoms with Crippen LogP contribution in [0.3, 0.4) is 0 Å². The molecule has 30 heavy (non-hydrogen) atoms. The largest absolute Gasteiger partial charge is 0.293 e. The van der Waals surface area contributed by atoms with Crippen LogP contribution in [0.1, 0.15) is 27.7 Å². The van der Waals surface area contributed by atoms with Crippen LogP contribution in [0, 0.1) is 0 Å². The number of fused-ring (bicyclic) bond motifs is 1. The molecule has 1 atom stereocenters. The number of aromatic nitrogens is 3. The molecule has 0 aliphatic rings. The number of Topliss-reactive ketones (excluding diaryl/α,β-unsaturated/α-hetero) is 1. The van der Waals surface area contributed by atoms with Crippen molar-refractivity contribution in [2.24, 2.45) is 0 Å². The summed E-state index contributed by atoms with van der Waals surface area (Å²) in [7, 11) is 0. The lowest BCUT2D eigenvalue weighted by molar-refractivity contribution is 0.0968. The van der Waals surface area contributed by atoms with Crippen molar-refractivity contribution in [1.29, 1.82) is 0 Å². The van der Waals surface area contributed by atoms with Crippen molar-refractivity contribution in [2.75, 3.05) is 0 Å². The second kappa shape index (κ2) is 8.05. The highest BCUT2D eigenvalue weighted by Crippen LogP contribution is 2.30. The summed E-state index contributed by atoms with van der Waals surface area (Å²) < 4.78 is 1.13. The highest BCUT2D eigenvalue weighted by Gasteiger charge is 2.22. The van der Waals surface area contributed by atoms with Crippen molar-refractivity contribution in [3.05, 3.63) is 108 Å². The number of thiophene rings is 1. The SMILES string of the molecule is O=C(CC(c1ccccc1)n1ncc(-c2ccccc2)n1)c1cc2ccccc2s1. The van der Waals surface area contributed by atoms with E-state index in [2.05, 4.69) is 5.10 Å². The summed E-state index contributed by atoms with van der Waals surface area (Å²) in [5.41, 5.74) is 2.82. The van der Waals surface area contributed by atoms with Crippen LogP contribution >= 0.6 is 11.3 Å². The van der Waals surface area contributed by atoms with E-state index in [9.17, 15) is 4.79 Å². The number of rotatable bonds is 6. The smallest absolute Gasteiger partial charge is 0.175 e. The van der Waals surface area contributed by atoms with Crippen LogP contribution in [-0.4, -0.2) is 20.8 Å². The molecule has 1 unspecified atom stereocenters. The van der Waals surface area contributed by atoms with Gasteiger partial charge in [0.1, 0.15) is 11.7 Å². The predicted octanol–water partition coefficient (Wildman–Crippen LogP) is 6.02. The number of carbonyl (C=O) groups excluding carboxylic acids is 1. The molecule has 5 heteroatoms. The Labute approximate surface area is 178 Å². The van der Waals surface area contributed by atoms with E-state index in [1.54, 1.807) is 22.3 Å². The Bertz CT molecular complexity index is 1260. The van der Waals surface area contributed by atoms with Crippen molar-refractivity contribution in [2.45, 2.75) is 12.5 Å². The Kier molecular flexibility index (Phi) is 4.95. The molecule has 0 bridgehead atoms. The summed E-state index contributed by atoms with van der Waals surface area (Å²) in [4.78, 5) is 15.6. The highest BCUT2D eigenvalue weighted by atomic mass is 32.1. The first-order chi connectivity index (χ1) is 14.8. The lowest BCUT2D eigenvalue weighted by Crippen LogP contribution is -2.17. The molecule has 5 aromatic rings. The Morgan fingerprint density at radius 3 is 2.37 bits per heavy atom. The minimum absolute atomic E-state index is 0.101. The highest BCUT2D eigenvalue weighted by molar-refractivity contribution is 7.20. The molecule has 0 spiro atoms. The van der Waals surface area contributed by atoms with Gasteiger partial charge in [-0.15, -0.1) is 11.3 Å². The van der Waals surface area contributed by atoms with E-state index >= 15 is 0 Å². The molecule has 4 nitrogen and oxygen atoms in total. The Hall–Kier alpha value is -3.57. The minimum atomic E-state index is -0.263. The van der Waals surface area contributed by atoms with E-state index < -0.39 is 0 Å². The first-order valence-corrected chi connectivity index (χ1v) is 10.6. The molecule has 146 valence electrons. The Balaban J connectivity index is 1.48. The minimum Gasteiger partial charge on any atom is -0.293 e. The predicted molar refractivity (Wildman–Crippen MR) is 121 cm³/mol. The van der Waals surface area contributed by atoms with Gasteiger partial charge in [0.05, 0.1) is 11.1 Å². The normalized spacial score (nSPS) is 12.1. The third-order valence-electron chi connectivity index (χ3n) is 5.12. The summed E-state index contributed by atoms with van der Waals surface area (Å²) in [6, 6.07) is 29.7. The molecular formula is C25H19N3OS. The third kappa shape index (κ3) is 3.67. The number of carbonyl (C=O) groups is 1. The second-order valence-corrected chi connectivity index (χ2v) is 8.20. The average Bonchev–Trinajstić information content (AvgIpc) is 3.46. The summed E-state index contributed by atoms with van der Waals surface area (Å²) >= 11 is 1.54. The summed E-state index contributed by atoms with van der Waals surface area (Å²) in [6.07, 6.45) is 2.06. The van der Waals surface area contributed by atoms with Gasteiger partial charge in [-0.3, -0.25) is 4.79 Å². The van der Waals surface area contributed by atoms with Gasteiger partial charge in [0.15, 0.2) is 5.78 Å². The maximum absolute atomic E-state index is 13.2. The quantitative estimate of drug-likeness (QED) is 0.322. The molecular weight excluding hydrogens is 390 g/mol. The number of hydrogen-bond donors (Lipinski definition) is 0. The van der Waals surface area contributed by atoms with Crippen LogP contribution in [0.5, 0.6) is 0 Å². The van der Waals surface area contributed by atoms with Gasteiger partial charge in [-0.25, -0.2) is 0 Å². The van der Waals surface area contributed by atoms with Gasteiger partial charge in [0.2, 0.25) is 0 Å². The Morgan fingerprint density at radius 2 is 1.60 bits per heavy atom. The van der Waals surface area contributed by atoms with Gasteiger partial charge in [-0.1, -0.05) is 78.9 Å². The number of hydrogen-bond acceptors (Lipinski definition) is 4. The van der Waals surface area contributed by atoms with Crippen LogP contribution in [0.15, 0.2) is 97.2 Å². The third-order valence-corrected chi connectivity index (χ3v) is 6.28. The molecule has 5 rings (SSSR count). The topological polar surface area (TPSA) is 47.8 Å². The van der Waals surface area contributed by atoms with E-state index in [0.717, 1.165) is 31.8 Å². The lowest BCUT2D eigenvalue weighted by Gasteiger charge is -2.15. The molecule has 2 heterocycles. The molecule has 0 aliphatic heterocycles. The molecule has 0 N–H and O–H groups in total. The van der Waals surface area contributed by atoms with E-state index in [-0.39, 0.29) is 11.8 Å². The van der Waals surface area contributed by atoms with Gasteiger partial charge in [0, 0.05) is 16.7 Å². The molecule has 0 aliphatic carbocycles. The molecule has 0 radical (unpaired) electrons. The van der Waals surface area contributed by atoms with Crippen molar-refractivity contribution < 1.29 is 4.79 Å². The number of benzene rings is 3. The first-order valence-electron chi connectivity index (χ1n) is 9.82. The monoisotopic (exact) mass is 409 g/mol. The van der Waals surface area contributed by atoms with E-state index in [1.807, 2.05) is 91.0 Å². The van der Waals surface area contributed by atoms with Crippen molar-refractivity contribution in [1.82, 2.24) is 15.0 Å². The standard InChI is InChI=1S/C25H19N3OS/c29-23(25-15-20-13-7-8-14-24(20)30-25)16-22(19-11-5-2-6-12-19)28-26-17-21(27-28)18-9-3-1-4-10-18/h1-15,17,22H,16H2. The summed E-state index contributed by atoms with van der Waals surface area (Å²) in [5.74, 6) is 0.101. The first kappa shape index (κ1) is 18.5. The van der Waals surface area contributed by atoms with Crippen molar-refractivity contribution in [3.8, 4) is 11.3 Å². The van der Waals surface area contributed by atoms with E-state index in [0.29, 0.717) is 6.42 Å². The van der Waals surface area contributed by atoms with Gasteiger partial charge < -0.3 is 0 Å². The molecule has 0 saturated heterocycles. The second-order valence-electron chi connectivity index (χ2n) is 7.12. The Morgan fingerprint density at radius 1 is 0.900 bits per heavy atom. The van der Waals surface area contributed by atoms with Crippen LogP contribution in [0.4, 0.5) is 0 Å². The summed E-state index contributed by atoms with van der Waals surface area (Å²) in [5, 5.41) is 10.3. The van der Waals surface area contributed by atoms with Crippen molar-refractivity contribution in [3.63, 3.8) is 0 Å². The maximum Gasteiger partial charge on any atom is 0.175 e. The average molecular weight is 410 g/mol. The number of nitrogens with zero attached hydrogens (tertiary/aromatic N) is 3. The molecule has 2 aromatic heterocycles. The molecule has 0 amide bonds. The molecule has 3 aromatic carbocycles. The van der Waals surface area contributed by atoms with Crippen molar-refractivity contribution >= 4 is 27.2 Å². The maximum atomic E-state index is 13.2. The summed E-state index contributed by atoms with van der Waals surface area (Å²) in [6.45, 7) is 0. The van der Waals surface area contributed by atoms with Crippen LogP contribution in [0.25, 0.3) is 21.3 Å². The van der Waals surface area contributed by atoms with Gasteiger partial charge in [0.25, 0.3) is 0 Å². The fraction of sp³-hybridized carbons (Fsp3) is 0.0800. The zero-order valence-electron chi connectivity index (χ0n) is 16.2. The lowest BCUT2D eigenvalue weighted by atomic mass is 10.0. The zero-order valence-corrected chi connectivity index (χ0v) is 17.0. The van der Waals surface area contributed by atoms with E-state index in [4.69, 9.17) is 5.10 Å². The molecule has 0 fully saturated rings.